The summed E-state index contributed by atoms with van der Waals surface area (Å²) in [5.41, 5.74) is 5.11. The van der Waals surface area contributed by atoms with E-state index in [1.165, 1.54) is 0 Å². The maximum absolute atomic E-state index is 11.6. The van der Waals surface area contributed by atoms with Gasteiger partial charge in [-0.2, -0.15) is 0 Å². The summed E-state index contributed by atoms with van der Waals surface area (Å²) in [6, 6.07) is -0.214. The first-order valence-corrected chi connectivity index (χ1v) is 4.69. The van der Waals surface area contributed by atoms with Crippen molar-refractivity contribution in [3.63, 3.8) is 0 Å². The Labute approximate surface area is 78.5 Å². The van der Waals surface area contributed by atoms with Crippen LogP contribution < -0.4 is 11.1 Å². The van der Waals surface area contributed by atoms with Gasteiger partial charge in [0, 0.05) is 6.04 Å². The number of carbonyl (C=O) groups excluding carboxylic acids is 1. The molecule has 4 N–H and O–H groups in total. The zero-order valence-corrected chi connectivity index (χ0v) is 8.21. The summed E-state index contributed by atoms with van der Waals surface area (Å²) in [7, 11) is 0. The second-order valence-corrected chi connectivity index (χ2v) is 4.11. The van der Waals surface area contributed by atoms with Gasteiger partial charge in [0.1, 0.15) is 0 Å². The summed E-state index contributed by atoms with van der Waals surface area (Å²) >= 11 is 0. The Morgan fingerprint density at radius 3 is 2.69 bits per heavy atom. The van der Waals surface area contributed by atoms with Crippen LogP contribution in [0, 0.1) is 5.92 Å². The summed E-state index contributed by atoms with van der Waals surface area (Å²) in [5, 5.41) is 11.4. The SMILES string of the molecule is C[C@@H](CO)NC(=O)C(C)(N)C1CC1. The van der Waals surface area contributed by atoms with E-state index in [0.717, 1.165) is 12.8 Å². The molecule has 13 heavy (non-hydrogen) atoms. The summed E-state index contributed by atoms with van der Waals surface area (Å²) < 4.78 is 0. The van der Waals surface area contributed by atoms with E-state index in [2.05, 4.69) is 5.32 Å². The van der Waals surface area contributed by atoms with Gasteiger partial charge >= 0.3 is 0 Å². The fourth-order valence-corrected chi connectivity index (χ4v) is 1.29. The van der Waals surface area contributed by atoms with E-state index in [4.69, 9.17) is 10.8 Å². The van der Waals surface area contributed by atoms with Crippen molar-refractivity contribution >= 4 is 5.91 Å². The highest BCUT2D eigenvalue weighted by atomic mass is 16.3. The molecular formula is C9H18N2O2. The smallest absolute Gasteiger partial charge is 0.240 e. The third-order valence-electron chi connectivity index (χ3n) is 2.57. The lowest BCUT2D eigenvalue weighted by molar-refractivity contribution is -0.127. The van der Waals surface area contributed by atoms with Gasteiger partial charge in [-0.3, -0.25) is 4.79 Å². The normalized spacial score (nSPS) is 23.4. The minimum atomic E-state index is -0.760. The van der Waals surface area contributed by atoms with Crippen LogP contribution in [-0.4, -0.2) is 29.2 Å². The Balaban J connectivity index is 2.45. The molecule has 1 fully saturated rings. The lowest BCUT2D eigenvalue weighted by Crippen LogP contribution is -2.55. The molecule has 1 amide bonds. The lowest BCUT2D eigenvalue weighted by Gasteiger charge is -2.25. The number of aliphatic hydroxyl groups excluding tert-OH is 1. The third-order valence-corrected chi connectivity index (χ3v) is 2.57. The number of rotatable bonds is 4. The van der Waals surface area contributed by atoms with Crippen molar-refractivity contribution in [2.45, 2.75) is 38.3 Å². The summed E-state index contributed by atoms with van der Waals surface area (Å²) in [6.45, 7) is 3.46. The summed E-state index contributed by atoms with van der Waals surface area (Å²) in [4.78, 5) is 11.6. The molecule has 0 heterocycles. The molecule has 0 spiro atoms. The van der Waals surface area contributed by atoms with E-state index in [1.54, 1.807) is 13.8 Å². The maximum atomic E-state index is 11.6. The molecule has 0 bridgehead atoms. The molecule has 0 aromatic rings. The molecule has 1 aliphatic rings. The van der Waals surface area contributed by atoms with E-state index in [9.17, 15) is 4.79 Å². The fourth-order valence-electron chi connectivity index (χ4n) is 1.29. The number of aliphatic hydroxyl groups is 1. The Morgan fingerprint density at radius 1 is 1.77 bits per heavy atom. The van der Waals surface area contributed by atoms with Crippen LogP contribution in [0.4, 0.5) is 0 Å². The molecule has 0 radical (unpaired) electrons. The van der Waals surface area contributed by atoms with Gasteiger partial charge in [0.05, 0.1) is 12.1 Å². The Morgan fingerprint density at radius 2 is 2.31 bits per heavy atom. The van der Waals surface area contributed by atoms with Gasteiger partial charge in [-0.15, -0.1) is 0 Å². The van der Waals surface area contributed by atoms with Crippen molar-refractivity contribution in [3.8, 4) is 0 Å². The molecule has 0 aromatic carbocycles. The molecular weight excluding hydrogens is 168 g/mol. The molecule has 2 atom stereocenters. The van der Waals surface area contributed by atoms with E-state index in [1.807, 2.05) is 0 Å². The number of hydrogen-bond acceptors (Lipinski definition) is 3. The van der Waals surface area contributed by atoms with Crippen molar-refractivity contribution in [2.75, 3.05) is 6.61 Å². The van der Waals surface area contributed by atoms with Gasteiger partial charge in [0.2, 0.25) is 5.91 Å². The predicted octanol–water partition coefficient (Wildman–Crippen LogP) is -0.389. The van der Waals surface area contributed by atoms with Gasteiger partial charge in [-0.1, -0.05) is 0 Å². The van der Waals surface area contributed by atoms with Crippen LogP contribution in [0.3, 0.4) is 0 Å². The van der Waals surface area contributed by atoms with Gasteiger partial charge in [0.25, 0.3) is 0 Å². The second-order valence-electron chi connectivity index (χ2n) is 4.11. The van der Waals surface area contributed by atoms with Crippen molar-refractivity contribution < 1.29 is 9.90 Å². The third kappa shape index (κ3) is 2.42. The summed E-state index contributed by atoms with van der Waals surface area (Å²) in [5.74, 6) is 0.162. The van der Waals surface area contributed by atoms with Crippen molar-refractivity contribution in [1.29, 1.82) is 0 Å². The minimum Gasteiger partial charge on any atom is -0.394 e. The van der Waals surface area contributed by atoms with Crippen molar-refractivity contribution in [1.82, 2.24) is 5.32 Å². The highest BCUT2D eigenvalue weighted by Gasteiger charge is 2.44. The molecule has 4 heteroatoms. The molecule has 1 rings (SSSR count). The molecule has 0 aliphatic heterocycles. The monoisotopic (exact) mass is 186 g/mol. The maximum Gasteiger partial charge on any atom is 0.240 e. The first-order valence-electron chi connectivity index (χ1n) is 4.69. The van der Waals surface area contributed by atoms with Gasteiger partial charge in [-0.25, -0.2) is 0 Å². The van der Waals surface area contributed by atoms with Gasteiger partial charge in [-0.05, 0) is 32.6 Å². The molecule has 1 aliphatic carbocycles. The highest BCUT2D eigenvalue weighted by molar-refractivity contribution is 5.86. The fraction of sp³-hybridized carbons (Fsp3) is 0.889. The van der Waals surface area contributed by atoms with E-state index in [0.29, 0.717) is 5.92 Å². The van der Waals surface area contributed by atoms with Crippen molar-refractivity contribution in [2.24, 2.45) is 11.7 Å². The molecule has 4 nitrogen and oxygen atoms in total. The Bertz CT molecular complexity index is 200. The van der Waals surface area contributed by atoms with Gasteiger partial charge < -0.3 is 16.2 Å². The van der Waals surface area contributed by atoms with Crippen LogP contribution in [0.2, 0.25) is 0 Å². The van der Waals surface area contributed by atoms with Crippen LogP contribution in [0.15, 0.2) is 0 Å². The topological polar surface area (TPSA) is 75.3 Å². The van der Waals surface area contributed by atoms with Crippen LogP contribution >= 0.6 is 0 Å². The average Bonchev–Trinajstić information content (AvgIpc) is 2.86. The number of nitrogens with two attached hydrogens (primary N) is 1. The minimum absolute atomic E-state index is 0.0491. The highest BCUT2D eigenvalue weighted by Crippen LogP contribution is 2.38. The standard InChI is InChI=1S/C9H18N2O2/c1-6(5-12)11-8(13)9(2,10)7-3-4-7/h6-7,12H,3-5,10H2,1-2H3,(H,11,13)/t6-,9?/m0/s1. The zero-order chi connectivity index (χ0) is 10.1. The van der Waals surface area contributed by atoms with Crippen LogP contribution in [0.25, 0.3) is 0 Å². The number of nitrogens with one attached hydrogen (secondary N) is 1. The van der Waals surface area contributed by atoms with Gasteiger partial charge in [0.15, 0.2) is 0 Å². The second kappa shape index (κ2) is 3.64. The molecule has 76 valence electrons. The number of amides is 1. The molecule has 0 aromatic heterocycles. The molecule has 0 saturated heterocycles. The Kier molecular flexibility index (Phi) is 2.93. The van der Waals surface area contributed by atoms with Crippen LogP contribution in [0.5, 0.6) is 0 Å². The van der Waals surface area contributed by atoms with E-state index < -0.39 is 5.54 Å². The summed E-state index contributed by atoms with van der Waals surface area (Å²) in [6.07, 6.45) is 2.07. The first kappa shape index (κ1) is 10.5. The number of carbonyl (C=O) groups is 1. The van der Waals surface area contributed by atoms with E-state index >= 15 is 0 Å². The van der Waals surface area contributed by atoms with E-state index in [-0.39, 0.29) is 18.6 Å². The van der Waals surface area contributed by atoms with Crippen molar-refractivity contribution in [3.05, 3.63) is 0 Å². The Hall–Kier alpha value is -0.610. The first-order chi connectivity index (χ1) is 5.98. The quantitative estimate of drug-likeness (QED) is 0.559. The lowest BCUT2D eigenvalue weighted by atomic mass is 9.96. The zero-order valence-electron chi connectivity index (χ0n) is 8.21. The molecule has 1 unspecified atom stereocenters. The average molecular weight is 186 g/mol. The largest absolute Gasteiger partial charge is 0.394 e. The van der Waals surface area contributed by atoms with Crippen LogP contribution in [0.1, 0.15) is 26.7 Å². The number of hydrogen-bond donors (Lipinski definition) is 3. The molecule has 1 saturated carbocycles. The predicted molar refractivity (Wildman–Crippen MR) is 50.0 cm³/mol. The van der Waals surface area contributed by atoms with Crippen LogP contribution in [-0.2, 0) is 4.79 Å².